The average Bonchev–Trinajstić information content (AvgIpc) is 2.19. The molecule has 0 aliphatic rings. The molecular formula is C10H12F3N. The van der Waals surface area contributed by atoms with Gasteiger partial charge >= 0.3 is 0 Å². The first-order chi connectivity index (χ1) is 6.75. The summed E-state index contributed by atoms with van der Waals surface area (Å²) in [7, 11) is 0. The highest BCUT2D eigenvalue weighted by Crippen LogP contribution is 2.10. The summed E-state index contributed by atoms with van der Waals surface area (Å²) in [6, 6.07) is 4.02. The van der Waals surface area contributed by atoms with E-state index in [1.54, 1.807) is 0 Å². The lowest BCUT2D eigenvalue weighted by atomic mass is 10.2. The van der Waals surface area contributed by atoms with E-state index in [4.69, 9.17) is 0 Å². The lowest BCUT2D eigenvalue weighted by Crippen LogP contribution is -2.16. The molecule has 1 rings (SSSR count). The van der Waals surface area contributed by atoms with Crippen LogP contribution in [0.4, 0.5) is 13.2 Å². The Morgan fingerprint density at radius 3 is 2.71 bits per heavy atom. The molecule has 14 heavy (non-hydrogen) atoms. The SMILES string of the molecule is FCCCNCc1cccc(F)c1F. The van der Waals surface area contributed by atoms with Crippen LogP contribution < -0.4 is 5.32 Å². The van der Waals surface area contributed by atoms with Crippen molar-refractivity contribution in [2.75, 3.05) is 13.2 Å². The molecule has 4 heteroatoms. The highest BCUT2D eigenvalue weighted by molar-refractivity contribution is 5.18. The summed E-state index contributed by atoms with van der Waals surface area (Å²) in [5, 5.41) is 2.82. The van der Waals surface area contributed by atoms with Crippen molar-refractivity contribution >= 4 is 0 Å². The van der Waals surface area contributed by atoms with E-state index in [-0.39, 0.29) is 12.1 Å². The average molecular weight is 203 g/mol. The summed E-state index contributed by atoms with van der Waals surface area (Å²) in [5.74, 6) is -1.69. The van der Waals surface area contributed by atoms with Gasteiger partial charge in [-0.3, -0.25) is 4.39 Å². The van der Waals surface area contributed by atoms with Gasteiger partial charge in [-0.05, 0) is 19.0 Å². The first-order valence-corrected chi connectivity index (χ1v) is 4.45. The van der Waals surface area contributed by atoms with E-state index in [1.165, 1.54) is 12.1 Å². The van der Waals surface area contributed by atoms with Gasteiger partial charge in [-0.15, -0.1) is 0 Å². The number of alkyl halides is 1. The second-order valence-electron chi connectivity index (χ2n) is 2.93. The maximum absolute atomic E-state index is 13.0. The molecule has 0 aromatic heterocycles. The molecule has 1 aromatic rings. The van der Waals surface area contributed by atoms with Crippen LogP contribution in [0.2, 0.25) is 0 Å². The Morgan fingerprint density at radius 2 is 2.00 bits per heavy atom. The first kappa shape index (κ1) is 11.0. The van der Waals surface area contributed by atoms with Gasteiger partial charge < -0.3 is 5.32 Å². The van der Waals surface area contributed by atoms with Gasteiger partial charge in [0.2, 0.25) is 0 Å². The predicted molar refractivity (Wildman–Crippen MR) is 48.7 cm³/mol. The fourth-order valence-electron chi connectivity index (χ4n) is 1.10. The van der Waals surface area contributed by atoms with Crippen molar-refractivity contribution in [3.63, 3.8) is 0 Å². The van der Waals surface area contributed by atoms with Crippen LogP contribution in [0.1, 0.15) is 12.0 Å². The van der Waals surface area contributed by atoms with Crippen LogP contribution in [0.15, 0.2) is 18.2 Å². The number of hydrogen-bond acceptors (Lipinski definition) is 1. The van der Waals surface area contributed by atoms with Crippen LogP contribution in [0, 0.1) is 11.6 Å². The van der Waals surface area contributed by atoms with Gasteiger partial charge in [0.1, 0.15) is 0 Å². The summed E-state index contributed by atoms with van der Waals surface area (Å²) in [5.41, 5.74) is 0.267. The van der Waals surface area contributed by atoms with Crippen molar-refractivity contribution < 1.29 is 13.2 Å². The molecule has 0 atom stereocenters. The molecule has 0 fully saturated rings. The maximum atomic E-state index is 13.0. The van der Waals surface area contributed by atoms with Crippen LogP contribution >= 0.6 is 0 Å². The molecule has 0 saturated carbocycles. The topological polar surface area (TPSA) is 12.0 Å². The van der Waals surface area contributed by atoms with Crippen LogP contribution in [-0.4, -0.2) is 13.2 Å². The molecule has 0 spiro atoms. The van der Waals surface area contributed by atoms with Crippen molar-refractivity contribution in [3.05, 3.63) is 35.4 Å². The van der Waals surface area contributed by atoms with Crippen LogP contribution in [-0.2, 0) is 6.54 Å². The van der Waals surface area contributed by atoms with Gasteiger partial charge in [-0.2, -0.15) is 0 Å². The van der Waals surface area contributed by atoms with Gasteiger partial charge in [-0.1, -0.05) is 12.1 Å². The molecule has 0 amide bonds. The predicted octanol–water partition coefficient (Wildman–Crippen LogP) is 2.41. The van der Waals surface area contributed by atoms with Crippen LogP contribution in [0.3, 0.4) is 0 Å². The molecule has 1 aromatic carbocycles. The molecule has 78 valence electrons. The zero-order valence-corrected chi connectivity index (χ0v) is 7.69. The van der Waals surface area contributed by atoms with Crippen molar-refractivity contribution in [1.29, 1.82) is 0 Å². The Bertz CT molecular complexity index is 289. The Kier molecular flexibility index (Phi) is 4.46. The first-order valence-electron chi connectivity index (χ1n) is 4.45. The zero-order chi connectivity index (χ0) is 10.4. The summed E-state index contributed by atoms with van der Waals surface area (Å²) < 4.78 is 37.4. The zero-order valence-electron chi connectivity index (χ0n) is 7.69. The molecule has 1 nitrogen and oxygen atoms in total. The van der Waals surface area contributed by atoms with Gasteiger partial charge in [0, 0.05) is 12.1 Å². The number of benzene rings is 1. The fraction of sp³-hybridized carbons (Fsp3) is 0.400. The van der Waals surface area contributed by atoms with Gasteiger partial charge in [-0.25, -0.2) is 8.78 Å². The van der Waals surface area contributed by atoms with Crippen LogP contribution in [0.5, 0.6) is 0 Å². The Labute approximate surface area is 80.9 Å². The molecule has 0 radical (unpaired) electrons. The summed E-state index contributed by atoms with van der Waals surface area (Å²) >= 11 is 0. The third-order valence-corrected chi connectivity index (χ3v) is 1.83. The number of nitrogens with one attached hydrogen (secondary N) is 1. The Hall–Kier alpha value is -1.03. The second kappa shape index (κ2) is 5.65. The third-order valence-electron chi connectivity index (χ3n) is 1.83. The Morgan fingerprint density at radius 1 is 1.21 bits per heavy atom. The minimum absolute atomic E-state index is 0.226. The largest absolute Gasteiger partial charge is 0.312 e. The smallest absolute Gasteiger partial charge is 0.163 e. The van der Waals surface area contributed by atoms with E-state index < -0.39 is 18.3 Å². The van der Waals surface area contributed by atoms with E-state index in [2.05, 4.69) is 5.32 Å². The highest BCUT2D eigenvalue weighted by atomic mass is 19.2. The van der Waals surface area contributed by atoms with Gasteiger partial charge in [0.15, 0.2) is 11.6 Å². The van der Waals surface area contributed by atoms with Crippen molar-refractivity contribution in [2.24, 2.45) is 0 Å². The highest BCUT2D eigenvalue weighted by Gasteiger charge is 2.05. The molecule has 0 aliphatic heterocycles. The molecule has 0 aliphatic carbocycles. The molecule has 0 heterocycles. The molecule has 1 N–H and O–H groups in total. The monoisotopic (exact) mass is 203 g/mol. The van der Waals surface area contributed by atoms with Crippen molar-refractivity contribution in [3.8, 4) is 0 Å². The number of halogens is 3. The van der Waals surface area contributed by atoms with E-state index in [0.717, 1.165) is 6.07 Å². The van der Waals surface area contributed by atoms with E-state index in [9.17, 15) is 13.2 Å². The molecule has 0 unspecified atom stereocenters. The fourth-order valence-corrected chi connectivity index (χ4v) is 1.10. The van der Waals surface area contributed by atoms with Crippen molar-refractivity contribution in [1.82, 2.24) is 5.32 Å². The Balaban J connectivity index is 2.46. The maximum Gasteiger partial charge on any atom is 0.163 e. The van der Waals surface area contributed by atoms with Crippen molar-refractivity contribution in [2.45, 2.75) is 13.0 Å². The second-order valence-corrected chi connectivity index (χ2v) is 2.93. The third kappa shape index (κ3) is 3.03. The minimum atomic E-state index is -0.852. The lowest BCUT2D eigenvalue weighted by Gasteiger charge is -2.04. The summed E-state index contributed by atoms with van der Waals surface area (Å²) in [6.45, 7) is 0.286. The van der Waals surface area contributed by atoms with E-state index in [1.807, 2.05) is 0 Å². The quantitative estimate of drug-likeness (QED) is 0.724. The normalized spacial score (nSPS) is 10.5. The summed E-state index contributed by atoms with van der Waals surface area (Å²) in [4.78, 5) is 0. The molecule has 0 bridgehead atoms. The van der Waals surface area contributed by atoms with E-state index >= 15 is 0 Å². The number of hydrogen-bond donors (Lipinski definition) is 1. The minimum Gasteiger partial charge on any atom is -0.312 e. The van der Waals surface area contributed by atoms with Gasteiger partial charge in [0.25, 0.3) is 0 Å². The van der Waals surface area contributed by atoms with E-state index in [0.29, 0.717) is 13.0 Å². The van der Waals surface area contributed by atoms with Gasteiger partial charge in [0.05, 0.1) is 6.67 Å². The lowest BCUT2D eigenvalue weighted by molar-refractivity contribution is 0.454. The summed E-state index contributed by atoms with van der Waals surface area (Å²) in [6.07, 6.45) is 0.386. The van der Waals surface area contributed by atoms with Crippen LogP contribution in [0.25, 0.3) is 0 Å². The standard InChI is InChI=1S/C10H12F3N/c11-5-2-6-14-7-8-3-1-4-9(12)10(8)13/h1,3-4,14H,2,5-7H2. The molecule has 0 saturated heterocycles. The number of rotatable bonds is 5. The molecular weight excluding hydrogens is 191 g/mol.